The van der Waals surface area contributed by atoms with Crippen molar-refractivity contribution in [3.05, 3.63) is 96.8 Å². The molecule has 0 spiro atoms. The summed E-state index contributed by atoms with van der Waals surface area (Å²) < 4.78 is 11.1. The summed E-state index contributed by atoms with van der Waals surface area (Å²) in [5.41, 5.74) is 2.83. The van der Waals surface area contributed by atoms with Gasteiger partial charge >= 0.3 is 6.03 Å². The van der Waals surface area contributed by atoms with E-state index in [0.29, 0.717) is 41.1 Å². The van der Waals surface area contributed by atoms with E-state index in [1.165, 1.54) is 0 Å². The molecule has 33 heavy (non-hydrogen) atoms. The molecule has 5 rings (SSSR count). The van der Waals surface area contributed by atoms with Crippen LogP contribution in [0.1, 0.15) is 5.56 Å². The van der Waals surface area contributed by atoms with Gasteiger partial charge in [-0.05, 0) is 66.7 Å². The van der Waals surface area contributed by atoms with Crippen molar-refractivity contribution in [3.8, 4) is 11.5 Å². The number of hydrogen-bond acceptors (Lipinski definition) is 5. The van der Waals surface area contributed by atoms with Gasteiger partial charge in [0.25, 0.3) is 0 Å². The molecule has 0 atom stereocenters. The van der Waals surface area contributed by atoms with Crippen LogP contribution in [0.25, 0.3) is 0 Å². The van der Waals surface area contributed by atoms with E-state index in [2.05, 4.69) is 16.0 Å². The van der Waals surface area contributed by atoms with Crippen LogP contribution in [0.3, 0.4) is 0 Å². The summed E-state index contributed by atoms with van der Waals surface area (Å²) in [4.78, 5) is 14.2. The quantitative estimate of drug-likeness (QED) is 0.309. The Morgan fingerprint density at radius 1 is 0.879 bits per heavy atom. The Morgan fingerprint density at radius 3 is 2.21 bits per heavy atom. The topological polar surface area (TPSA) is 103 Å². The molecule has 2 amide bonds. The smallest absolute Gasteiger partial charge is 0.323 e. The molecule has 0 aliphatic carbocycles. The third kappa shape index (κ3) is 4.49. The zero-order valence-corrected chi connectivity index (χ0v) is 17.5. The Morgan fingerprint density at radius 2 is 1.52 bits per heavy atom. The Balaban J connectivity index is 1.17. The van der Waals surface area contributed by atoms with Crippen molar-refractivity contribution in [3.63, 3.8) is 0 Å². The number of carbonyl (C=O) groups excluding carboxylic acids is 1. The minimum Gasteiger partial charge on any atom is -0.457 e. The molecule has 1 aromatic heterocycles. The van der Waals surface area contributed by atoms with Gasteiger partial charge in [-0.1, -0.05) is 18.2 Å². The minimum absolute atomic E-state index is 0.352. The number of hydrogen-bond donors (Lipinski definition) is 4. The third-order valence-corrected chi connectivity index (χ3v) is 5.12. The molecule has 0 bridgehead atoms. The maximum absolute atomic E-state index is 12.4. The van der Waals surface area contributed by atoms with E-state index >= 15 is 0 Å². The number of fused-ring (bicyclic) bond motifs is 1. The van der Waals surface area contributed by atoms with E-state index in [9.17, 15) is 4.79 Å². The summed E-state index contributed by atoms with van der Waals surface area (Å²) in [6.45, 7) is 0.427. The summed E-state index contributed by atoms with van der Waals surface area (Å²) in [7, 11) is 0. The molecule has 4 N–H and O–H groups in total. The van der Waals surface area contributed by atoms with Gasteiger partial charge in [0, 0.05) is 17.1 Å². The normalized spacial score (nSPS) is 12.5. The highest BCUT2D eigenvalue weighted by molar-refractivity contribution is 6.12. The van der Waals surface area contributed by atoms with Gasteiger partial charge in [-0.15, -0.1) is 0 Å². The maximum Gasteiger partial charge on any atom is 0.323 e. The number of carbonyl (C=O) groups is 1. The minimum atomic E-state index is -0.352. The molecule has 0 saturated heterocycles. The lowest BCUT2D eigenvalue weighted by Crippen LogP contribution is -2.39. The van der Waals surface area contributed by atoms with E-state index in [0.717, 1.165) is 11.4 Å². The van der Waals surface area contributed by atoms with Crippen molar-refractivity contribution in [2.45, 2.75) is 0 Å². The van der Waals surface area contributed by atoms with Crippen molar-refractivity contribution in [2.75, 3.05) is 27.5 Å². The molecule has 3 aromatic carbocycles. The molecule has 8 nitrogen and oxygen atoms in total. The monoisotopic (exact) mass is 439 g/mol. The highest BCUT2D eigenvalue weighted by atomic mass is 16.5. The van der Waals surface area contributed by atoms with E-state index < -0.39 is 0 Å². The third-order valence-electron chi connectivity index (χ3n) is 5.12. The summed E-state index contributed by atoms with van der Waals surface area (Å²) >= 11 is 0. The Hall–Kier alpha value is -4.72. The molecular formula is C25H21N5O3. The second-order valence-electron chi connectivity index (χ2n) is 7.34. The first-order valence-electron chi connectivity index (χ1n) is 10.3. The average Bonchev–Trinajstić information content (AvgIpc) is 3.32. The zero-order chi connectivity index (χ0) is 22.6. The van der Waals surface area contributed by atoms with Crippen molar-refractivity contribution in [2.24, 2.45) is 0 Å². The van der Waals surface area contributed by atoms with E-state index in [1.54, 1.807) is 48.7 Å². The molecule has 1 aliphatic rings. The van der Waals surface area contributed by atoms with E-state index in [-0.39, 0.29) is 6.03 Å². The lowest BCUT2D eigenvalue weighted by Gasteiger charge is -2.29. The molecule has 0 radical (unpaired) electrons. The van der Waals surface area contributed by atoms with Crippen LogP contribution in [0.2, 0.25) is 0 Å². The molecule has 0 saturated carbocycles. The molecule has 0 fully saturated rings. The Labute approximate surface area is 190 Å². The highest BCUT2D eigenvalue weighted by Gasteiger charge is 2.24. The van der Waals surface area contributed by atoms with Crippen LogP contribution in [-0.4, -0.2) is 18.5 Å². The van der Waals surface area contributed by atoms with Gasteiger partial charge in [-0.2, -0.15) is 0 Å². The first-order valence-corrected chi connectivity index (χ1v) is 10.3. The number of ether oxygens (including phenoxy) is 1. The molecular weight excluding hydrogens is 418 g/mol. The lowest BCUT2D eigenvalue weighted by molar-refractivity contribution is 0.262. The van der Waals surface area contributed by atoms with Gasteiger partial charge in [0.05, 0.1) is 18.5 Å². The molecule has 0 unspecified atom stereocenters. The summed E-state index contributed by atoms with van der Waals surface area (Å²) in [6, 6.07) is 25.4. The number of anilines is 4. The predicted molar refractivity (Wildman–Crippen MR) is 129 cm³/mol. The number of nitrogens with one attached hydrogen (secondary N) is 4. The Bertz CT molecular complexity index is 1270. The number of urea groups is 1. The molecule has 8 heteroatoms. The van der Waals surface area contributed by atoms with Gasteiger partial charge in [0.15, 0.2) is 0 Å². The largest absolute Gasteiger partial charge is 0.457 e. The van der Waals surface area contributed by atoms with Crippen LogP contribution in [0.4, 0.5) is 27.7 Å². The maximum atomic E-state index is 12.4. The van der Waals surface area contributed by atoms with Crippen LogP contribution in [0.15, 0.2) is 95.6 Å². The zero-order valence-electron chi connectivity index (χ0n) is 17.5. The van der Waals surface area contributed by atoms with Gasteiger partial charge in [0.2, 0.25) is 5.88 Å². The van der Waals surface area contributed by atoms with Crippen LogP contribution in [0.5, 0.6) is 11.5 Å². The fourth-order valence-electron chi connectivity index (χ4n) is 3.48. The van der Waals surface area contributed by atoms with Crippen LogP contribution in [-0.2, 0) is 0 Å². The van der Waals surface area contributed by atoms with E-state index in [4.69, 9.17) is 14.6 Å². The standard InChI is InChI=1S/C25H21N5O3/c26-23-22-14-15-32-24(22)27-16-30(23)19-10-6-17(7-11-19)28-25(31)29-18-8-12-21(13-9-18)33-20-4-2-1-3-5-20/h1-15,26-27H,16H2,(H2,28,29,31). The second kappa shape index (κ2) is 8.80. The van der Waals surface area contributed by atoms with Crippen molar-refractivity contribution in [1.82, 2.24) is 0 Å². The summed E-state index contributed by atoms with van der Waals surface area (Å²) in [5.74, 6) is 2.39. The average molecular weight is 439 g/mol. The van der Waals surface area contributed by atoms with Crippen molar-refractivity contribution < 1.29 is 13.9 Å². The van der Waals surface area contributed by atoms with Gasteiger partial charge in [-0.25, -0.2) is 4.79 Å². The van der Waals surface area contributed by atoms with Crippen LogP contribution < -0.4 is 25.6 Å². The second-order valence-corrected chi connectivity index (χ2v) is 7.34. The number of furan rings is 1. The van der Waals surface area contributed by atoms with Crippen LogP contribution in [0, 0.1) is 5.41 Å². The predicted octanol–water partition coefficient (Wildman–Crippen LogP) is 5.93. The SMILES string of the molecule is N=C1c2ccoc2NCN1c1ccc(NC(=O)Nc2ccc(Oc3ccccc3)cc2)cc1. The fourth-order valence-corrected chi connectivity index (χ4v) is 3.48. The Kier molecular flexibility index (Phi) is 5.38. The molecule has 4 aromatic rings. The van der Waals surface area contributed by atoms with Crippen LogP contribution >= 0.6 is 0 Å². The first-order chi connectivity index (χ1) is 16.2. The fraction of sp³-hybridized carbons (Fsp3) is 0.0400. The van der Waals surface area contributed by atoms with Gasteiger partial charge < -0.3 is 30.0 Å². The number of amides is 2. The molecule has 1 aliphatic heterocycles. The van der Waals surface area contributed by atoms with Crippen molar-refractivity contribution >= 4 is 34.8 Å². The molecule has 164 valence electrons. The van der Waals surface area contributed by atoms with Gasteiger partial charge in [0.1, 0.15) is 17.3 Å². The summed E-state index contributed by atoms with van der Waals surface area (Å²) in [5, 5.41) is 17.1. The number of rotatable bonds is 5. The number of benzene rings is 3. The summed E-state index contributed by atoms with van der Waals surface area (Å²) in [6.07, 6.45) is 1.56. The van der Waals surface area contributed by atoms with E-state index in [1.807, 2.05) is 47.4 Å². The number of nitrogens with zero attached hydrogens (tertiary/aromatic N) is 1. The highest BCUT2D eigenvalue weighted by Crippen LogP contribution is 2.28. The first kappa shape index (κ1) is 20.2. The molecule has 2 heterocycles. The van der Waals surface area contributed by atoms with Crippen molar-refractivity contribution in [1.29, 1.82) is 5.41 Å². The lowest BCUT2D eigenvalue weighted by atomic mass is 10.2. The number of amidine groups is 1. The van der Waals surface area contributed by atoms with Gasteiger partial charge in [-0.3, -0.25) is 5.41 Å². The number of para-hydroxylation sites is 1.